The van der Waals surface area contributed by atoms with E-state index in [1.54, 1.807) is 0 Å². The van der Waals surface area contributed by atoms with Gasteiger partial charge in [0.05, 0.1) is 17.6 Å². The second kappa shape index (κ2) is 6.79. The van der Waals surface area contributed by atoms with E-state index < -0.39 is 0 Å². The SMILES string of the molecule is CC(C)N1CCC(Cc2cnc(-c3ccnn3C(C)C)cn2)C1. The lowest BCUT2D eigenvalue weighted by Gasteiger charge is -2.20. The van der Waals surface area contributed by atoms with Crippen LogP contribution in [-0.2, 0) is 6.42 Å². The molecule has 0 N–H and O–H groups in total. The van der Waals surface area contributed by atoms with Gasteiger partial charge < -0.3 is 4.90 Å². The Bertz CT molecular complexity index is 629. The topological polar surface area (TPSA) is 46.8 Å². The van der Waals surface area contributed by atoms with Crippen molar-refractivity contribution in [3.8, 4) is 11.4 Å². The third kappa shape index (κ3) is 3.61. The molecule has 2 aromatic rings. The minimum Gasteiger partial charge on any atom is -0.301 e. The van der Waals surface area contributed by atoms with Crippen molar-refractivity contribution in [2.45, 2.75) is 52.6 Å². The van der Waals surface area contributed by atoms with Crippen molar-refractivity contribution in [2.24, 2.45) is 5.92 Å². The summed E-state index contributed by atoms with van der Waals surface area (Å²) in [7, 11) is 0. The van der Waals surface area contributed by atoms with Crippen molar-refractivity contribution >= 4 is 0 Å². The molecule has 1 atom stereocenters. The van der Waals surface area contributed by atoms with Crippen molar-refractivity contribution in [2.75, 3.05) is 13.1 Å². The minimum atomic E-state index is 0.321. The molecule has 1 aliphatic heterocycles. The Kier molecular flexibility index (Phi) is 4.76. The quantitative estimate of drug-likeness (QED) is 0.850. The first kappa shape index (κ1) is 16.1. The van der Waals surface area contributed by atoms with E-state index in [0.29, 0.717) is 18.0 Å². The van der Waals surface area contributed by atoms with Crippen molar-refractivity contribution in [1.29, 1.82) is 0 Å². The summed E-state index contributed by atoms with van der Waals surface area (Å²) in [6.07, 6.45) is 7.94. The fourth-order valence-corrected chi connectivity index (χ4v) is 3.32. The zero-order valence-corrected chi connectivity index (χ0v) is 14.6. The summed E-state index contributed by atoms with van der Waals surface area (Å²) < 4.78 is 1.99. The first-order valence-electron chi connectivity index (χ1n) is 8.63. The Morgan fingerprint density at radius 3 is 2.57 bits per heavy atom. The van der Waals surface area contributed by atoms with Crippen LogP contribution in [0.5, 0.6) is 0 Å². The highest BCUT2D eigenvalue weighted by Crippen LogP contribution is 2.23. The Morgan fingerprint density at radius 2 is 1.96 bits per heavy atom. The summed E-state index contributed by atoms with van der Waals surface area (Å²) in [5.74, 6) is 0.707. The second-order valence-electron chi connectivity index (χ2n) is 7.10. The molecule has 1 aliphatic rings. The van der Waals surface area contributed by atoms with Crippen LogP contribution in [0.25, 0.3) is 11.4 Å². The molecule has 0 saturated carbocycles. The van der Waals surface area contributed by atoms with Crippen LogP contribution in [0.1, 0.15) is 45.9 Å². The van der Waals surface area contributed by atoms with E-state index >= 15 is 0 Å². The van der Waals surface area contributed by atoms with Gasteiger partial charge in [0.25, 0.3) is 0 Å². The third-order valence-corrected chi connectivity index (χ3v) is 4.67. The Labute approximate surface area is 138 Å². The molecule has 23 heavy (non-hydrogen) atoms. The molecule has 0 spiro atoms. The lowest BCUT2D eigenvalue weighted by Crippen LogP contribution is -2.28. The molecule has 5 heteroatoms. The molecule has 0 aliphatic carbocycles. The molecule has 124 valence electrons. The zero-order valence-electron chi connectivity index (χ0n) is 14.6. The molecule has 0 aromatic carbocycles. The number of rotatable bonds is 5. The van der Waals surface area contributed by atoms with E-state index in [2.05, 4.69) is 47.7 Å². The highest BCUT2D eigenvalue weighted by Gasteiger charge is 2.24. The van der Waals surface area contributed by atoms with Crippen LogP contribution in [0.15, 0.2) is 24.7 Å². The van der Waals surface area contributed by atoms with Crippen molar-refractivity contribution in [3.05, 3.63) is 30.4 Å². The van der Waals surface area contributed by atoms with E-state index in [9.17, 15) is 0 Å². The van der Waals surface area contributed by atoms with Crippen LogP contribution in [0.2, 0.25) is 0 Å². The van der Waals surface area contributed by atoms with Crippen LogP contribution >= 0.6 is 0 Å². The molecule has 1 saturated heterocycles. The van der Waals surface area contributed by atoms with Gasteiger partial charge in [-0.05, 0) is 59.1 Å². The average molecular weight is 313 g/mol. The summed E-state index contributed by atoms with van der Waals surface area (Å²) in [5.41, 5.74) is 3.03. The van der Waals surface area contributed by atoms with Gasteiger partial charge >= 0.3 is 0 Å². The van der Waals surface area contributed by atoms with Gasteiger partial charge in [-0.2, -0.15) is 5.10 Å². The van der Waals surface area contributed by atoms with E-state index in [0.717, 1.165) is 23.5 Å². The van der Waals surface area contributed by atoms with E-state index in [1.165, 1.54) is 19.5 Å². The van der Waals surface area contributed by atoms with E-state index in [4.69, 9.17) is 0 Å². The summed E-state index contributed by atoms with van der Waals surface area (Å²) in [6.45, 7) is 11.2. The first-order chi connectivity index (χ1) is 11.0. The maximum Gasteiger partial charge on any atom is 0.107 e. The molecule has 0 amide bonds. The van der Waals surface area contributed by atoms with Gasteiger partial charge in [-0.15, -0.1) is 0 Å². The first-order valence-corrected chi connectivity index (χ1v) is 8.63. The highest BCUT2D eigenvalue weighted by molar-refractivity contribution is 5.52. The molecule has 0 bridgehead atoms. The normalized spacial score (nSPS) is 19.1. The smallest absolute Gasteiger partial charge is 0.107 e. The molecule has 3 heterocycles. The van der Waals surface area contributed by atoms with Crippen LogP contribution in [0, 0.1) is 5.92 Å². The maximum absolute atomic E-state index is 4.65. The summed E-state index contributed by atoms with van der Waals surface area (Å²) in [6, 6.07) is 2.97. The average Bonchev–Trinajstić information content (AvgIpc) is 3.17. The van der Waals surface area contributed by atoms with Gasteiger partial charge in [0, 0.05) is 31.0 Å². The molecule has 2 aromatic heterocycles. The lowest BCUT2D eigenvalue weighted by molar-refractivity contribution is 0.264. The predicted octanol–water partition coefficient (Wildman–Crippen LogP) is 3.19. The molecule has 3 rings (SSSR count). The van der Waals surface area contributed by atoms with Crippen LogP contribution in [0.4, 0.5) is 0 Å². The predicted molar refractivity (Wildman–Crippen MR) is 92.2 cm³/mol. The molecular formula is C18H27N5. The zero-order chi connectivity index (χ0) is 16.4. The number of likely N-dealkylation sites (tertiary alicyclic amines) is 1. The Hall–Kier alpha value is -1.75. The summed E-state index contributed by atoms with van der Waals surface area (Å²) >= 11 is 0. The van der Waals surface area contributed by atoms with Gasteiger partial charge in [-0.25, -0.2) is 0 Å². The van der Waals surface area contributed by atoms with Crippen molar-refractivity contribution in [1.82, 2.24) is 24.6 Å². The maximum atomic E-state index is 4.65. The molecule has 5 nitrogen and oxygen atoms in total. The van der Waals surface area contributed by atoms with Gasteiger partial charge in [0.2, 0.25) is 0 Å². The highest BCUT2D eigenvalue weighted by atomic mass is 15.3. The van der Waals surface area contributed by atoms with Gasteiger partial charge in [-0.1, -0.05) is 0 Å². The Morgan fingerprint density at radius 1 is 1.13 bits per heavy atom. The van der Waals surface area contributed by atoms with Crippen LogP contribution in [-0.4, -0.2) is 43.8 Å². The molecular weight excluding hydrogens is 286 g/mol. The summed E-state index contributed by atoms with van der Waals surface area (Å²) in [5, 5.41) is 4.37. The second-order valence-corrected chi connectivity index (χ2v) is 7.10. The van der Waals surface area contributed by atoms with Crippen LogP contribution < -0.4 is 0 Å². The molecule has 1 unspecified atom stereocenters. The summed E-state index contributed by atoms with van der Waals surface area (Å²) in [4.78, 5) is 11.8. The number of hydrogen-bond donors (Lipinski definition) is 0. The van der Waals surface area contributed by atoms with E-state index in [1.807, 2.05) is 29.3 Å². The van der Waals surface area contributed by atoms with Gasteiger partial charge in [0.1, 0.15) is 5.69 Å². The third-order valence-electron chi connectivity index (χ3n) is 4.67. The van der Waals surface area contributed by atoms with Crippen molar-refractivity contribution < 1.29 is 0 Å². The molecule has 0 radical (unpaired) electrons. The lowest BCUT2D eigenvalue weighted by atomic mass is 10.0. The van der Waals surface area contributed by atoms with Crippen molar-refractivity contribution in [3.63, 3.8) is 0 Å². The van der Waals surface area contributed by atoms with Gasteiger partial charge in [0.15, 0.2) is 0 Å². The fraction of sp³-hybridized carbons (Fsp3) is 0.611. The Balaban J connectivity index is 1.67. The monoisotopic (exact) mass is 313 g/mol. The minimum absolute atomic E-state index is 0.321. The fourth-order valence-electron chi connectivity index (χ4n) is 3.32. The standard InChI is InChI=1S/C18H27N5/c1-13(2)22-8-6-15(12-22)9-16-10-20-17(11-19-16)18-5-7-21-23(18)14(3)4/h5,7,10-11,13-15H,6,8-9,12H2,1-4H3. The molecule has 1 fully saturated rings. The number of nitrogens with zero attached hydrogens (tertiary/aromatic N) is 5. The largest absolute Gasteiger partial charge is 0.301 e. The number of hydrogen-bond acceptors (Lipinski definition) is 4. The number of aromatic nitrogens is 4. The van der Waals surface area contributed by atoms with Gasteiger partial charge in [-0.3, -0.25) is 14.6 Å². The van der Waals surface area contributed by atoms with Crippen LogP contribution in [0.3, 0.4) is 0 Å². The van der Waals surface area contributed by atoms with E-state index in [-0.39, 0.29) is 0 Å².